The first kappa shape index (κ1) is 18.9. The minimum absolute atomic E-state index is 0.146. The van der Waals surface area contributed by atoms with Crippen LogP contribution in [-0.2, 0) is 22.4 Å². The van der Waals surface area contributed by atoms with Crippen molar-refractivity contribution < 1.29 is 14.3 Å². The van der Waals surface area contributed by atoms with Gasteiger partial charge in [0.1, 0.15) is 5.75 Å². The Morgan fingerprint density at radius 1 is 1.36 bits per heavy atom. The third-order valence-corrected chi connectivity index (χ3v) is 5.91. The van der Waals surface area contributed by atoms with Gasteiger partial charge in [0.05, 0.1) is 38.1 Å². The van der Waals surface area contributed by atoms with Gasteiger partial charge in [-0.3, -0.25) is 4.79 Å². The molecule has 1 aliphatic carbocycles. The monoisotopic (exact) mass is 400 g/mol. The van der Waals surface area contributed by atoms with E-state index in [0.717, 1.165) is 73.4 Å². The summed E-state index contributed by atoms with van der Waals surface area (Å²) in [6.07, 6.45) is 3.11. The summed E-state index contributed by atoms with van der Waals surface area (Å²) in [7, 11) is 1.67. The van der Waals surface area contributed by atoms with E-state index in [9.17, 15) is 4.79 Å². The predicted molar refractivity (Wildman–Crippen MR) is 109 cm³/mol. The molecule has 1 N–H and O–H groups in total. The van der Waals surface area contributed by atoms with E-state index in [1.54, 1.807) is 18.4 Å². The Hall–Kier alpha value is -2.45. The minimum Gasteiger partial charge on any atom is -0.497 e. The molecular formula is C20H24N4O3S. The fraction of sp³-hybridized carbons (Fsp3) is 0.450. The third-order valence-electron chi connectivity index (χ3n) is 4.96. The van der Waals surface area contributed by atoms with Gasteiger partial charge in [0.15, 0.2) is 5.13 Å². The highest BCUT2D eigenvalue weighted by Gasteiger charge is 2.18. The number of thiazole rings is 1. The number of methoxy groups -OCH3 is 1. The van der Waals surface area contributed by atoms with E-state index < -0.39 is 0 Å². The standard InChI is InChI=1S/C20H24N4O3S/c1-26-16-5-6-17-14(11-16)3-2-4-18(17)22-23-19(25)12-15-13-28-20(21-15)24-7-9-27-10-8-24/h5-6,11,13H,2-4,7-10,12H2,1H3,(H,23,25)/b22-18-. The molecule has 0 saturated carbocycles. The SMILES string of the molecule is COc1ccc2c(c1)CCC/C2=N/NC(=O)Cc1csc(N2CCOCC2)n1. The van der Waals surface area contributed by atoms with Gasteiger partial charge in [-0.2, -0.15) is 5.10 Å². The van der Waals surface area contributed by atoms with Crippen molar-refractivity contribution in [3.8, 4) is 5.75 Å². The Balaban J connectivity index is 1.38. The van der Waals surface area contributed by atoms with Gasteiger partial charge in [-0.1, -0.05) is 0 Å². The van der Waals surface area contributed by atoms with Crippen molar-refractivity contribution in [2.45, 2.75) is 25.7 Å². The van der Waals surface area contributed by atoms with E-state index in [4.69, 9.17) is 9.47 Å². The molecule has 2 aliphatic rings. The van der Waals surface area contributed by atoms with Gasteiger partial charge >= 0.3 is 0 Å². The Kier molecular flexibility index (Phi) is 5.87. The number of hydrogen-bond donors (Lipinski definition) is 1. The Bertz CT molecular complexity index is 874. The summed E-state index contributed by atoms with van der Waals surface area (Å²) in [5.41, 5.74) is 6.71. The van der Waals surface area contributed by atoms with Crippen LogP contribution in [0.25, 0.3) is 0 Å². The van der Waals surface area contributed by atoms with E-state index in [0.29, 0.717) is 0 Å². The number of ether oxygens (including phenoxy) is 2. The van der Waals surface area contributed by atoms with Crippen molar-refractivity contribution in [3.05, 3.63) is 40.4 Å². The topological polar surface area (TPSA) is 76.0 Å². The smallest absolute Gasteiger partial charge is 0.246 e. The summed E-state index contributed by atoms with van der Waals surface area (Å²) in [6.45, 7) is 3.13. The van der Waals surface area contributed by atoms with Crippen LogP contribution in [0.1, 0.15) is 29.7 Å². The molecule has 0 bridgehead atoms. The first-order chi connectivity index (χ1) is 13.7. The van der Waals surface area contributed by atoms with Gasteiger partial charge in [0.25, 0.3) is 0 Å². The number of rotatable bonds is 5. The first-order valence-electron chi connectivity index (χ1n) is 9.53. The average Bonchev–Trinajstić information content (AvgIpc) is 3.20. The fourth-order valence-electron chi connectivity index (χ4n) is 3.49. The van der Waals surface area contributed by atoms with Crippen LogP contribution in [0.15, 0.2) is 28.7 Å². The number of anilines is 1. The summed E-state index contributed by atoms with van der Waals surface area (Å²) in [4.78, 5) is 19.1. The van der Waals surface area contributed by atoms with Crippen molar-refractivity contribution in [2.24, 2.45) is 5.10 Å². The number of nitrogens with one attached hydrogen (secondary N) is 1. The molecule has 148 valence electrons. The van der Waals surface area contributed by atoms with Crippen LogP contribution in [0, 0.1) is 0 Å². The van der Waals surface area contributed by atoms with E-state index in [2.05, 4.69) is 20.4 Å². The lowest BCUT2D eigenvalue weighted by atomic mass is 9.90. The molecule has 28 heavy (non-hydrogen) atoms. The molecular weight excluding hydrogens is 376 g/mol. The quantitative estimate of drug-likeness (QED) is 0.780. The maximum atomic E-state index is 12.3. The average molecular weight is 401 g/mol. The highest BCUT2D eigenvalue weighted by Crippen LogP contribution is 2.26. The number of carbonyl (C=O) groups excluding carboxylic acids is 1. The summed E-state index contributed by atoms with van der Waals surface area (Å²) in [5, 5.41) is 7.29. The van der Waals surface area contributed by atoms with Crippen molar-refractivity contribution in [2.75, 3.05) is 38.3 Å². The molecule has 2 heterocycles. The number of carbonyl (C=O) groups is 1. The number of benzene rings is 1. The molecule has 1 amide bonds. The highest BCUT2D eigenvalue weighted by molar-refractivity contribution is 7.13. The van der Waals surface area contributed by atoms with Crippen molar-refractivity contribution in [1.82, 2.24) is 10.4 Å². The summed E-state index contributed by atoms with van der Waals surface area (Å²) >= 11 is 1.57. The van der Waals surface area contributed by atoms with Gasteiger partial charge in [0, 0.05) is 24.0 Å². The zero-order chi connectivity index (χ0) is 19.3. The van der Waals surface area contributed by atoms with Crippen LogP contribution in [0.2, 0.25) is 0 Å². The molecule has 8 heteroatoms. The molecule has 0 radical (unpaired) electrons. The number of hydrogen-bond acceptors (Lipinski definition) is 7. The molecule has 0 atom stereocenters. The van der Waals surface area contributed by atoms with Crippen molar-refractivity contribution in [1.29, 1.82) is 0 Å². The maximum Gasteiger partial charge on any atom is 0.246 e. The third kappa shape index (κ3) is 4.34. The second-order valence-electron chi connectivity index (χ2n) is 6.87. The molecule has 1 aromatic carbocycles. The Morgan fingerprint density at radius 2 is 2.21 bits per heavy atom. The van der Waals surface area contributed by atoms with E-state index >= 15 is 0 Å². The van der Waals surface area contributed by atoms with Crippen LogP contribution in [0.4, 0.5) is 5.13 Å². The molecule has 4 rings (SSSR count). The molecule has 0 spiro atoms. The van der Waals surface area contributed by atoms with Crippen LogP contribution < -0.4 is 15.1 Å². The largest absolute Gasteiger partial charge is 0.497 e. The molecule has 1 fully saturated rings. The van der Waals surface area contributed by atoms with Crippen LogP contribution in [0.3, 0.4) is 0 Å². The number of aryl methyl sites for hydroxylation is 1. The summed E-state index contributed by atoms with van der Waals surface area (Å²) < 4.78 is 10.7. The molecule has 1 aromatic heterocycles. The van der Waals surface area contributed by atoms with Crippen molar-refractivity contribution in [3.63, 3.8) is 0 Å². The normalized spacial score (nSPS) is 18.0. The van der Waals surface area contributed by atoms with Crippen LogP contribution in [0.5, 0.6) is 5.75 Å². The molecule has 1 aliphatic heterocycles. The highest BCUT2D eigenvalue weighted by atomic mass is 32.1. The minimum atomic E-state index is -0.146. The van der Waals surface area contributed by atoms with Gasteiger partial charge in [-0.25, -0.2) is 10.4 Å². The lowest BCUT2D eigenvalue weighted by Crippen LogP contribution is -2.36. The molecule has 7 nitrogen and oxygen atoms in total. The number of hydrazone groups is 1. The van der Waals surface area contributed by atoms with E-state index in [1.807, 2.05) is 23.6 Å². The van der Waals surface area contributed by atoms with E-state index in [1.165, 1.54) is 5.56 Å². The van der Waals surface area contributed by atoms with Crippen molar-refractivity contribution >= 4 is 28.1 Å². The van der Waals surface area contributed by atoms with Gasteiger partial charge < -0.3 is 14.4 Å². The number of amides is 1. The Morgan fingerprint density at radius 3 is 3.04 bits per heavy atom. The van der Waals surface area contributed by atoms with Crippen LogP contribution >= 0.6 is 11.3 Å². The first-order valence-corrected chi connectivity index (χ1v) is 10.4. The second-order valence-corrected chi connectivity index (χ2v) is 7.70. The van der Waals surface area contributed by atoms with Crippen LogP contribution in [-0.4, -0.2) is 50.0 Å². The second kappa shape index (κ2) is 8.70. The maximum absolute atomic E-state index is 12.3. The number of morpholine rings is 1. The fourth-order valence-corrected chi connectivity index (χ4v) is 4.37. The molecule has 1 saturated heterocycles. The number of aromatic nitrogens is 1. The zero-order valence-electron chi connectivity index (χ0n) is 15.9. The zero-order valence-corrected chi connectivity index (χ0v) is 16.8. The van der Waals surface area contributed by atoms with Gasteiger partial charge in [-0.05, 0) is 43.0 Å². The number of nitrogens with zero attached hydrogens (tertiary/aromatic N) is 3. The predicted octanol–water partition coefficient (Wildman–Crippen LogP) is 2.39. The summed E-state index contributed by atoms with van der Waals surface area (Å²) in [6, 6.07) is 6.01. The van der Waals surface area contributed by atoms with Gasteiger partial charge in [-0.15, -0.1) is 11.3 Å². The number of fused-ring (bicyclic) bond motifs is 1. The van der Waals surface area contributed by atoms with Gasteiger partial charge in [0.2, 0.25) is 5.91 Å². The lowest BCUT2D eigenvalue weighted by Gasteiger charge is -2.26. The summed E-state index contributed by atoms with van der Waals surface area (Å²) in [5.74, 6) is 0.704. The molecule has 0 unspecified atom stereocenters. The van der Waals surface area contributed by atoms with E-state index in [-0.39, 0.29) is 12.3 Å². The lowest BCUT2D eigenvalue weighted by molar-refractivity contribution is -0.120. The Labute approximate surface area is 168 Å². The molecule has 2 aromatic rings.